The number of pyridine rings is 1. The molecule has 5 nitrogen and oxygen atoms in total. The van der Waals surface area contributed by atoms with Crippen molar-refractivity contribution in [1.82, 2.24) is 4.98 Å². The number of aromatic nitrogens is 1. The fourth-order valence-corrected chi connectivity index (χ4v) is 1.66. The van der Waals surface area contributed by atoms with Crippen molar-refractivity contribution in [2.45, 2.75) is 6.92 Å². The molecule has 0 unspecified atom stereocenters. The van der Waals surface area contributed by atoms with E-state index in [0.717, 1.165) is 6.07 Å². The Morgan fingerprint density at radius 3 is 2.75 bits per heavy atom. The molecule has 0 saturated carbocycles. The number of rotatable bonds is 3. The lowest BCUT2D eigenvalue weighted by atomic mass is 10.1. The number of hydrogen-bond acceptors (Lipinski definition) is 4. The maximum absolute atomic E-state index is 13.8. The lowest BCUT2D eigenvalue weighted by molar-refractivity contribution is 0.102. The second-order valence-corrected chi connectivity index (χ2v) is 4.07. The van der Waals surface area contributed by atoms with Gasteiger partial charge in [0.2, 0.25) is 0 Å². The van der Waals surface area contributed by atoms with Crippen LogP contribution < -0.4 is 16.6 Å². The van der Waals surface area contributed by atoms with Crippen LogP contribution in [0.5, 0.6) is 0 Å². The minimum absolute atomic E-state index is 0.128. The molecule has 20 heavy (non-hydrogen) atoms. The minimum Gasteiger partial charge on any atom is -0.322 e. The molecular weight excluding hydrogens is 266 g/mol. The Balaban J connectivity index is 2.35. The zero-order valence-corrected chi connectivity index (χ0v) is 10.6. The number of nitrogens with one attached hydrogen (secondary N) is 2. The molecule has 4 N–H and O–H groups in total. The van der Waals surface area contributed by atoms with E-state index in [4.69, 9.17) is 5.84 Å². The normalized spacial score (nSPS) is 10.2. The largest absolute Gasteiger partial charge is 0.322 e. The van der Waals surface area contributed by atoms with Crippen LogP contribution >= 0.6 is 0 Å². The Hall–Kier alpha value is -2.54. The number of aryl methyl sites for hydroxylation is 1. The van der Waals surface area contributed by atoms with Crippen molar-refractivity contribution in [3.8, 4) is 0 Å². The van der Waals surface area contributed by atoms with Gasteiger partial charge in [0.25, 0.3) is 5.91 Å². The van der Waals surface area contributed by atoms with E-state index in [1.165, 1.54) is 31.5 Å². The van der Waals surface area contributed by atoms with E-state index in [2.05, 4.69) is 15.7 Å². The lowest BCUT2D eigenvalue weighted by Gasteiger charge is -2.11. The topological polar surface area (TPSA) is 80.0 Å². The average molecular weight is 278 g/mol. The molecule has 1 amide bonds. The Kier molecular flexibility index (Phi) is 3.90. The second-order valence-electron chi connectivity index (χ2n) is 4.07. The number of hydrazine groups is 1. The highest BCUT2D eigenvalue weighted by atomic mass is 19.1. The van der Waals surface area contributed by atoms with E-state index in [1.807, 2.05) is 0 Å². The number of hydrogen-bond donors (Lipinski definition) is 3. The van der Waals surface area contributed by atoms with Crippen molar-refractivity contribution in [3.05, 3.63) is 53.4 Å². The summed E-state index contributed by atoms with van der Waals surface area (Å²) in [5, 5.41) is 2.20. The first-order chi connectivity index (χ1) is 9.54. The lowest BCUT2D eigenvalue weighted by Crippen LogP contribution is -2.19. The Bertz CT molecular complexity index is 661. The van der Waals surface area contributed by atoms with Gasteiger partial charge in [-0.1, -0.05) is 6.07 Å². The molecule has 104 valence electrons. The first-order valence-electron chi connectivity index (χ1n) is 5.71. The van der Waals surface area contributed by atoms with Crippen molar-refractivity contribution in [2.24, 2.45) is 5.84 Å². The van der Waals surface area contributed by atoms with Crippen molar-refractivity contribution in [3.63, 3.8) is 0 Å². The molecule has 0 atom stereocenters. The van der Waals surface area contributed by atoms with Crippen molar-refractivity contribution in [1.29, 1.82) is 0 Å². The summed E-state index contributed by atoms with van der Waals surface area (Å²) in [6, 6.07) is 3.76. The number of anilines is 2. The Morgan fingerprint density at radius 2 is 2.05 bits per heavy atom. The molecule has 1 aromatic carbocycles. The first kappa shape index (κ1) is 13.9. The molecule has 0 fully saturated rings. The number of benzene rings is 1. The summed E-state index contributed by atoms with van der Waals surface area (Å²) in [6.45, 7) is 1.48. The van der Waals surface area contributed by atoms with Crippen LogP contribution in [-0.4, -0.2) is 10.9 Å². The molecule has 0 bridgehead atoms. The van der Waals surface area contributed by atoms with Crippen molar-refractivity contribution < 1.29 is 13.6 Å². The average Bonchev–Trinajstić information content (AvgIpc) is 2.47. The quantitative estimate of drug-likeness (QED) is 0.594. The molecule has 1 aromatic heterocycles. The van der Waals surface area contributed by atoms with Crippen molar-refractivity contribution in [2.75, 3.05) is 10.7 Å². The van der Waals surface area contributed by atoms with E-state index < -0.39 is 23.2 Å². The molecule has 0 spiro atoms. The summed E-state index contributed by atoms with van der Waals surface area (Å²) in [7, 11) is 0. The number of nitrogens with zero attached hydrogens (tertiary/aromatic N) is 1. The van der Waals surface area contributed by atoms with Gasteiger partial charge in [-0.15, -0.1) is 0 Å². The zero-order valence-electron chi connectivity index (χ0n) is 10.6. The number of halogens is 2. The molecule has 0 aliphatic rings. The molecule has 7 heteroatoms. The van der Waals surface area contributed by atoms with Gasteiger partial charge < -0.3 is 10.7 Å². The molecule has 2 rings (SSSR count). The monoisotopic (exact) mass is 278 g/mol. The molecule has 0 aliphatic carbocycles. The molecule has 0 aliphatic heterocycles. The summed E-state index contributed by atoms with van der Waals surface area (Å²) in [6.07, 6.45) is 2.70. The van der Waals surface area contributed by atoms with Gasteiger partial charge in [-0.3, -0.25) is 15.6 Å². The highest BCUT2D eigenvalue weighted by Gasteiger charge is 2.17. The van der Waals surface area contributed by atoms with Gasteiger partial charge in [-0.05, 0) is 24.6 Å². The van der Waals surface area contributed by atoms with Crippen LogP contribution in [-0.2, 0) is 0 Å². The van der Waals surface area contributed by atoms with E-state index in [1.54, 1.807) is 0 Å². The van der Waals surface area contributed by atoms with Gasteiger partial charge in [-0.2, -0.15) is 0 Å². The predicted octanol–water partition coefficient (Wildman–Crippen LogP) is 2.21. The smallest absolute Gasteiger partial charge is 0.258 e. The summed E-state index contributed by atoms with van der Waals surface area (Å²) in [5.41, 5.74) is 2.41. The summed E-state index contributed by atoms with van der Waals surface area (Å²) in [5.74, 6) is 2.90. The van der Waals surface area contributed by atoms with Gasteiger partial charge >= 0.3 is 0 Å². The highest BCUT2D eigenvalue weighted by molar-refractivity contribution is 6.08. The van der Waals surface area contributed by atoms with Crippen LogP contribution in [0.15, 0.2) is 30.6 Å². The maximum Gasteiger partial charge on any atom is 0.258 e. The number of nitrogens with two attached hydrogens (primary N) is 1. The SMILES string of the molecule is Cc1ccc(F)c(NC(=O)c2ccncc2NN)c1F. The van der Waals surface area contributed by atoms with Gasteiger partial charge in [0.05, 0.1) is 17.4 Å². The second kappa shape index (κ2) is 5.62. The molecule has 2 aromatic rings. The number of carbonyl (C=O) groups is 1. The van der Waals surface area contributed by atoms with E-state index in [0.29, 0.717) is 0 Å². The van der Waals surface area contributed by atoms with Crippen LogP contribution in [0.1, 0.15) is 15.9 Å². The van der Waals surface area contributed by atoms with Gasteiger partial charge in [0.1, 0.15) is 11.5 Å². The van der Waals surface area contributed by atoms with Crippen LogP contribution in [0.2, 0.25) is 0 Å². The summed E-state index contributed by atoms with van der Waals surface area (Å²) in [4.78, 5) is 15.8. The number of nitrogen functional groups attached to an aromatic ring is 1. The standard InChI is InChI=1S/C13H12F2N4O/c1-7-2-3-9(14)12(11(7)15)18-13(20)8-4-5-17-6-10(8)19-16/h2-6,19H,16H2,1H3,(H,18,20). The predicted molar refractivity (Wildman–Crippen MR) is 71.1 cm³/mol. The maximum atomic E-state index is 13.8. The van der Waals surface area contributed by atoms with Gasteiger partial charge in [-0.25, -0.2) is 8.78 Å². The minimum atomic E-state index is -0.849. The summed E-state index contributed by atoms with van der Waals surface area (Å²) >= 11 is 0. The Labute approximate surface area is 113 Å². The van der Waals surface area contributed by atoms with Gasteiger partial charge in [0.15, 0.2) is 5.82 Å². The van der Waals surface area contributed by atoms with Crippen LogP contribution in [0.4, 0.5) is 20.2 Å². The van der Waals surface area contributed by atoms with Crippen molar-refractivity contribution >= 4 is 17.3 Å². The van der Waals surface area contributed by atoms with Gasteiger partial charge in [0, 0.05) is 6.20 Å². The third-order valence-electron chi connectivity index (χ3n) is 2.74. The fourth-order valence-electron chi connectivity index (χ4n) is 1.66. The van der Waals surface area contributed by atoms with Crippen LogP contribution in [0.25, 0.3) is 0 Å². The fraction of sp³-hybridized carbons (Fsp3) is 0.0769. The molecule has 0 radical (unpaired) electrons. The molecular formula is C13H12F2N4O. The van der Waals surface area contributed by atoms with E-state index >= 15 is 0 Å². The Morgan fingerprint density at radius 1 is 1.30 bits per heavy atom. The first-order valence-corrected chi connectivity index (χ1v) is 5.71. The van der Waals surface area contributed by atoms with Crippen LogP contribution in [0.3, 0.4) is 0 Å². The number of carbonyl (C=O) groups excluding carboxylic acids is 1. The third kappa shape index (κ3) is 2.57. The zero-order chi connectivity index (χ0) is 14.7. The summed E-state index contributed by atoms with van der Waals surface area (Å²) < 4.78 is 27.4. The highest BCUT2D eigenvalue weighted by Crippen LogP contribution is 2.23. The van der Waals surface area contributed by atoms with Crippen LogP contribution in [0, 0.1) is 18.6 Å². The molecule has 0 saturated heterocycles. The van der Waals surface area contributed by atoms with E-state index in [9.17, 15) is 13.6 Å². The number of amides is 1. The van der Waals surface area contributed by atoms with E-state index in [-0.39, 0.29) is 16.8 Å². The molecule has 1 heterocycles. The third-order valence-corrected chi connectivity index (χ3v) is 2.74.